The van der Waals surface area contributed by atoms with E-state index in [4.69, 9.17) is 16.3 Å². The Kier molecular flexibility index (Phi) is 3.20. The third kappa shape index (κ3) is 2.16. The molecule has 0 fully saturated rings. The van der Waals surface area contributed by atoms with Gasteiger partial charge in [-0.1, -0.05) is 23.7 Å². The Morgan fingerprint density at radius 3 is 2.85 bits per heavy atom. The highest BCUT2D eigenvalue weighted by Crippen LogP contribution is 2.22. The minimum Gasteiger partial charge on any atom is -0.497 e. The summed E-state index contributed by atoms with van der Waals surface area (Å²) in [6.45, 7) is 0.323. The van der Waals surface area contributed by atoms with Crippen molar-refractivity contribution in [3.63, 3.8) is 0 Å². The molecule has 0 aliphatic rings. The molecule has 2 heterocycles. The largest absolute Gasteiger partial charge is 0.497 e. The first-order valence-electron chi connectivity index (χ1n) is 6.05. The molecule has 6 heteroatoms. The molecular weight excluding hydrogens is 278 g/mol. The van der Waals surface area contributed by atoms with E-state index >= 15 is 0 Å². The van der Waals surface area contributed by atoms with Crippen LogP contribution in [0.15, 0.2) is 47.4 Å². The van der Waals surface area contributed by atoms with Crippen molar-refractivity contribution in [1.29, 1.82) is 0 Å². The zero-order chi connectivity index (χ0) is 14.1. The van der Waals surface area contributed by atoms with Gasteiger partial charge in [0.05, 0.1) is 13.7 Å². The fraction of sp³-hybridized carbons (Fsp3) is 0.143. The quantitative estimate of drug-likeness (QED) is 0.743. The van der Waals surface area contributed by atoms with Gasteiger partial charge < -0.3 is 4.74 Å². The number of nitrogens with zero attached hydrogens (tertiary/aromatic N) is 3. The van der Waals surface area contributed by atoms with Crippen LogP contribution in [0.25, 0.3) is 5.65 Å². The van der Waals surface area contributed by atoms with Crippen molar-refractivity contribution in [3.8, 4) is 5.75 Å². The molecule has 0 bridgehead atoms. The van der Waals surface area contributed by atoms with Crippen LogP contribution in [-0.4, -0.2) is 21.3 Å². The van der Waals surface area contributed by atoms with E-state index in [0.717, 1.165) is 5.56 Å². The van der Waals surface area contributed by atoms with Gasteiger partial charge >= 0.3 is 5.69 Å². The summed E-state index contributed by atoms with van der Waals surface area (Å²) >= 11 is 6.18. The van der Waals surface area contributed by atoms with Crippen LogP contribution in [0.2, 0.25) is 5.02 Å². The van der Waals surface area contributed by atoms with Crippen LogP contribution in [0.4, 0.5) is 0 Å². The molecule has 0 N–H and O–H groups in total. The van der Waals surface area contributed by atoms with Crippen LogP contribution in [0.1, 0.15) is 5.56 Å². The van der Waals surface area contributed by atoms with Crippen LogP contribution < -0.4 is 10.4 Å². The predicted molar refractivity (Wildman–Crippen MR) is 76.6 cm³/mol. The van der Waals surface area contributed by atoms with Gasteiger partial charge in [0.1, 0.15) is 5.75 Å². The molecule has 5 nitrogen and oxygen atoms in total. The number of methoxy groups -OCH3 is 1. The van der Waals surface area contributed by atoms with Crippen LogP contribution in [0.5, 0.6) is 5.75 Å². The second-order valence-corrected chi connectivity index (χ2v) is 4.73. The lowest BCUT2D eigenvalue weighted by atomic mass is 10.2. The van der Waals surface area contributed by atoms with Crippen molar-refractivity contribution < 1.29 is 4.74 Å². The van der Waals surface area contributed by atoms with Gasteiger partial charge in [-0.15, -0.1) is 5.10 Å². The van der Waals surface area contributed by atoms with Crippen molar-refractivity contribution in [2.45, 2.75) is 6.54 Å². The molecule has 0 unspecified atom stereocenters. The Hall–Kier alpha value is -2.27. The molecular formula is C14H12ClN3O2. The second kappa shape index (κ2) is 5.02. The third-order valence-electron chi connectivity index (χ3n) is 3.07. The minimum atomic E-state index is -0.188. The molecule has 3 rings (SSSR count). The number of fused-ring (bicyclic) bond motifs is 1. The summed E-state index contributed by atoms with van der Waals surface area (Å²) in [5.41, 5.74) is 1.24. The van der Waals surface area contributed by atoms with Gasteiger partial charge in [0.25, 0.3) is 0 Å². The molecule has 2 aromatic heterocycles. The first kappa shape index (κ1) is 12.7. The van der Waals surface area contributed by atoms with Crippen molar-refractivity contribution in [2.24, 2.45) is 0 Å². The third-order valence-corrected chi connectivity index (χ3v) is 3.42. The zero-order valence-corrected chi connectivity index (χ0v) is 11.5. The Morgan fingerprint density at radius 1 is 1.30 bits per heavy atom. The lowest BCUT2D eigenvalue weighted by Gasteiger charge is -2.05. The topological polar surface area (TPSA) is 48.5 Å². The molecule has 102 valence electrons. The SMILES string of the molecule is COc1ccc(Cn2nc3ccccn3c2=O)c(Cl)c1. The molecule has 0 amide bonds. The Morgan fingerprint density at radius 2 is 2.15 bits per heavy atom. The number of hydrogen-bond acceptors (Lipinski definition) is 3. The van der Waals surface area contributed by atoms with Crippen LogP contribution in [0, 0.1) is 0 Å². The lowest BCUT2D eigenvalue weighted by Crippen LogP contribution is -2.21. The van der Waals surface area contributed by atoms with E-state index in [9.17, 15) is 4.79 Å². The molecule has 1 aromatic carbocycles. The molecule has 0 saturated heterocycles. The molecule has 0 aliphatic heterocycles. The van der Waals surface area contributed by atoms with Gasteiger partial charge in [-0.2, -0.15) is 0 Å². The van der Waals surface area contributed by atoms with Crippen molar-refractivity contribution >= 4 is 17.2 Å². The summed E-state index contributed by atoms with van der Waals surface area (Å²) < 4.78 is 7.99. The molecule has 0 spiro atoms. The normalized spacial score (nSPS) is 10.9. The molecule has 0 aliphatic carbocycles. The summed E-state index contributed by atoms with van der Waals surface area (Å²) in [6.07, 6.45) is 1.69. The number of halogens is 1. The zero-order valence-electron chi connectivity index (χ0n) is 10.8. The predicted octanol–water partition coefficient (Wildman–Crippen LogP) is 2.21. The van der Waals surface area contributed by atoms with Gasteiger partial charge in [-0.05, 0) is 29.8 Å². The fourth-order valence-corrected chi connectivity index (χ4v) is 2.25. The molecule has 0 saturated carbocycles. The average molecular weight is 290 g/mol. The van der Waals surface area contributed by atoms with Gasteiger partial charge in [-0.25, -0.2) is 9.48 Å². The van der Waals surface area contributed by atoms with E-state index in [-0.39, 0.29) is 5.69 Å². The summed E-state index contributed by atoms with van der Waals surface area (Å²) in [7, 11) is 1.58. The van der Waals surface area contributed by atoms with E-state index in [0.29, 0.717) is 23.0 Å². The lowest BCUT2D eigenvalue weighted by molar-refractivity contribution is 0.414. The van der Waals surface area contributed by atoms with Crippen LogP contribution in [0.3, 0.4) is 0 Å². The van der Waals surface area contributed by atoms with E-state index in [1.165, 1.54) is 9.08 Å². The van der Waals surface area contributed by atoms with Gasteiger partial charge in [0.2, 0.25) is 0 Å². The Balaban J connectivity index is 2.01. The van der Waals surface area contributed by atoms with Crippen molar-refractivity contribution in [3.05, 3.63) is 63.7 Å². The number of ether oxygens (including phenoxy) is 1. The number of rotatable bonds is 3. The summed E-state index contributed by atoms with van der Waals surface area (Å²) in [5, 5.41) is 4.82. The highest BCUT2D eigenvalue weighted by atomic mass is 35.5. The van der Waals surface area contributed by atoms with E-state index in [1.54, 1.807) is 31.5 Å². The number of hydrogen-bond donors (Lipinski definition) is 0. The monoisotopic (exact) mass is 289 g/mol. The molecule has 3 aromatic rings. The average Bonchev–Trinajstić information content (AvgIpc) is 2.78. The maximum absolute atomic E-state index is 12.2. The van der Waals surface area contributed by atoms with Gasteiger partial charge in [-0.3, -0.25) is 4.40 Å². The maximum atomic E-state index is 12.2. The van der Waals surface area contributed by atoms with Gasteiger partial charge in [0, 0.05) is 11.2 Å². The molecule has 0 atom stereocenters. The summed E-state index contributed by atoms with van der Waals surface area (Å²) in [4.78, 5) is 12.2. The van der Waals surface area contributed by atoms with Crippen LogP contribution in [-0.2, 0) is 6.54 Å². The number of benzene rings is 1. The smallest absolute Gasteiger partial charge is 0.350 e. The minimum absolute atomic E-state index is 0.188. The van der Waals surface area contributed by atoms with Crippen LogP contribution >= 0.6 is 11.6 Å². The molecule has 0 radical (unpaired) electrons. The number of aromatic nitrogens is 3. The van der Waals surface area contributed by atoms with Gasteiger partial charge in [0.15, 0.2) is 5.65 Å². The highest BCUT2D eigenvalue weighted by Gasteiger charge is 2.09. The second-order valence-electron chi connectivity index (χ2n) is 4.33. The summed E-state index contributed by atoms with van der Waals surface area (Å²) in [6, 6.07) is 10.8. The number of pyridine rings is 1. The van der Waals surface area contributed by atoms with E-state index in [2.05, 4.69) is 5.10 Å². The van der Waals surface area contributed by atoms with E-state index < -0.39 is 0 Å². The summed E-state index contributed by atoms with van der Waals surface area (Å²) in [5.74, 6) is 0.682. The maximum Gasteiger partial charge on any atom is 0.350 e. The first-order valence-corrected chi connectivity index (χ1v) is 6.43. The first-order chi connectivity index (χ1) is 9.69. The highest BCUT2D eigenvalue weighted by molar-refractivity contribution is 6.31. The van der Waals surface area contributed by atoms with Crippen molar-refractivity contribution in [1.82, 2.24) is 14.2 Å². The standard InChI is InChI=1S/C14H12ClN3O2/c1-20-11-6-5-10(12(15)8-11)9-18-14(19)17-7-3-2-4-13(17)16-18/h2-8H,9H2,1H3. The van der Waals surface area contributed by atoms with Crippen molar-refractivity contribution in [2.75, 3.05) is 7.11 Å². The Labute approximate surface area is 120 Å². The fourth-order valence-electron chi connectivity index (χ4n) is 2.02. The van der Waals surface area contributed by atoms with E-state index in [1.807, 2.05) is 18.2 Å². The Bertz CT molecular complexity index is 823. The molecule has 20 heavy (non-hydrogen) atoms.